The molecule has 1 aromatic carbocycles. The molecule has 6 N–H and O–H groups in total. The van der Waals surface area contributed by atoms with Crippen LogP contribution in [0.25, 0.3) is 0 Å². The number of alkyl carbamates (subject to hydrolysis) is 1. The van der Waals surface area contributed by atoms with Crippen LogP contribution < -0.4 is 30.7 Å². The van der Waals surface area contributed by atoms with Crippen molar-refractivity contribution in [1.29, 1.82) is 0 Å². The van der Waals surface area contributed by atoms with Crippen LogP contribution in [0.2, 0.25) is 0 Å². The van der Waals surface area contributed by atoms with E-state index < -0.39 is 69.9 Å². The number of benzene rings is 1. The van der Waals surface area contributed by atoms with Crippen molar-refractivity contribution < 1.29 is 75.4 Å². The fraction of sp³-hybridized carbons (Fsp3) is 0.559. The summed E-state index contributed by atoms with van der Waals surface area (Å²) in [5, 5.41) is 10.4. The number of anilines is 1. The molecule has 1 unspecified atom stereocenters. The largest absolute Gasteiger partial charge is 0.461 e. The third kappa shape index (κ3) is 20.3. The highest BCUT2D eigenvalue weighted by Gasteiger charge is 2.32. The lowest BCUT2D eigenvalue weighted by molar-refractivity contribution is -0.197. The summed E-state index contributed by atoms with van der Waals surface area (Å²) in [5.41, 5.74) is 1.17. The maximum Gasteiger partial charge on any atom is 0.421 e. The Kier molecular flexibility index (Phi) is 21.1. The number of nitrogens with zero attached hydrogens (tertiary/aromatic N) is 1. The summed E-state index contributed by atoms with van der Waals surface area (Å²) >= 11 is 0. The number of carbonyl (C=O) groups excluding carboxylic acids is 9. The van der Waals surface area contributed by atoms with Crippen LogP contribution in [0, 0.1) is 5.92 Å². The van der Waals surface area contributed by atoms with Crippen LogP contribution in [-0.4, -0.2) is 119 Å². The molecular weight excluding hydrogens is 794 g/mol. The number of carbonyl (C=O) groups is 9. The lowest BCUT2D eigenvalue weighted by Gasteiger charge is -2.21. The topological polar surface area (TPSA) is 309 Å². The van der Waals surface area contributed by atoms with Crippen LogP contribution in [0.15, 0.2) is 24.3 Å². The van der Waals surface area contributed by atoms with Gasteiger partial charge in [-0.25, -0.2) is 19.1 Å². The van der Waals surface area contributed by atoms with E-state index in [1.54, 1.807) is 42.8 Å². The second kappa shape index (κ2) is 25.4. The zero-order valence-electron chi connectivity index (χ0n) is 32.3. The Balaban J connectivity index is 1.51. The molecule has 1 saturated heterocycles. The summed E-state index contributed by atoms with van der Waals surface area (Å²) in [7, 11) is -4.31. The van der Waals surface area contributed by atoms with E-state index in [2.05, 4.69) is 26.0 Å². The van der Waals surface area contributed by atoms with Gasteiger partial charge in [-0.15, -0.1) is 5.06 Å². The van der Waals surface area contributed by atoms with Gasteiger partial charge in [0.15, 0.2) is 0 Å². The molecule has 1 heterocycles. The van der Waals surface area contributed by atoms with Crippen molar-refractivity contribution in [3.63, 3.8) is 0 Å². The van der Waals surface area contributed by atoms with Gasteiger partial charge in [0.25, 0.3) is 11.8 Å². The summed E-state index contributed by atoms with van der Waals surface area (Å²) in [5.74, 6) is -4.42. The summed E-state index contributed by atoms with van der Waals surface area (Å²) in [6, 6.07) is 5.50. The monoisotopic (exact) mass is 843 g/mol. The summed E-state index contributed by atoms with van der Waals surface area (Å²) in [6.07, 6.45) is -2.30. The van der Waals surface area contributed by atoms with E-state index >= 15 is 0 Å². The van der Waals surface area contributed by atoms with E-state index in [9.17, 15) is 51.6 Å². The predicted molar refractivity (Wildman–Crippen MR) is 198 cm³/mol. The van der Waals surface area contributed by atoms with Gasteiger partial charge in [0.2, 0.25) is 17.7 Å². The van der Waals surface area contributed by atoms with Crippen LogP contribution in [0.4, 0.5) is 15.3 Å². The van der Waals surface area contributed by atoms with Crippen LogP contribution in [0.5, 0.6) is 0 Å². The van der Waals surface area contributed by atoms with E-state index in [0.29, 0.717) is 10.8 Å². The average Bonchev–Trinajstić information content (AvgIpc) is 3.46. The molecule has 1 aliphatic rings. The van der Waals surface area contributed by atoms with Crippen LogP contribution in [0.3, 0.4) is 0 Å². The molecule has 2 rings (SSSR count). The van der Waals surface area contributed by atoms with E-state index in [-0.39, 0.29) is 97.1 Å². The number of hydrogen-bond acceptors (Lipinski definition) is 16. The number of nitrogens with one attached hydrogen (secondary N) is 6. The zero-order valence-corrected chi connectivity index (χ0v) is 33.1. The van der Waals surface area contributed by atoms with E-state index in [1.807, 2.05) is 0 Å². The molecule has 7 amide bonds. The number of imide groups is 1. The zero-order chi connectivity index (χ0) is 43.1. The van der Waals surface area contributed by atoms with Gasteiger partial charge in [0, 0.05) is 51.4 Å². The van der Waals surface area contributed by atoms with Crippen molar-refractivity contribution in [2.45, 2.75) is 71.9 Å². The minimum Gasteiger partial charge on any atom is -0.461 e. The number of amides is 7. The SMILES string of the molecule is CC(=O)OCc1ccc(NC(=O)CNC(=O)C(NC(=O)OCCOCCNS(=O)(=O)NC(=O)OCCCNC(=O)CCCC(=O)ON2C(=O)CCC2=O)C(C)C)cc1. The van der Waals surface area contributed by atoms with Gasteiger partial charge >= 0.3 is 34.3 Å². The van der Waals surface area contributed by atoms with E-state index in [1.165, 1.54) is 6.92 Å². The van der Waals surface area contributed by atoms with Gasteiger partial charge in [-0.05, 0) is 36.5 Å². The number of hydroxylamine groups is 2. The Morgan fingerprint density at radius 2 is 1.45 bits per heavy atom. The second-order valence-corrected chi connectivity index (χ2v) is 14.1. The first-order chi connectivity index (χ1) is 27.5. The van der Waals surface area contributed by atoms with Crippen molar-refractivity contribution in [2.24, 2.45) is 5.92 Å². The van der Waals surface area contributed by atoms with Crippen molar-refractivity contribution >= 4 is 69.6 Å². The maximum absolute atomic E-state index is 12.7. The van der Waals surface area contributed by atoms with Gasteiger partial charge in [0.1, 0.15) is 19.3 Å². The molecule has 1 aromatic rings. The molecule has 1 atom stereocenters. The van der Waals surface area contributed by atoms with Gasteiger partial charge in [0.05, 0.1) is 26.4 Å². The number of ether oxygens (including phenoxy) is 4. The lowest BCUT2D eigenvalue weighted by atomic mass is 10.0. The van der Waals surface area contributed by atoms with Gasteiger partial charge in [-0.2, -0.15) is 13.1 Å². The van der Waals surface area contributed by atoms with Crippen molar-refractivity contribution in [3.8, 4) is 0 Å². The Bertz CT molecular complexity index is 1710. The van der Waals surface area contributed by atoms with Crippen molar-refractivity contribution in [2.75, 3.05) is 51.4 Å². The van der Waals surface area contributed by atoms with Crippen LogP contribution in [0.1, 0.15) is 64.9 Å². The molecule has 0 spiro atoms. The molecule has 23 nitrogen and oxygen atoms in total. The number of rotatable bonds is 25. The second-order valence-electron chi connectivity index (χ2n) is 12.6. The van der Waals surface area contributed by atoms with Crippen LogP contribution >= 0.6 is 0 Å². The van der Waals surface area contributed by atoms with E-state index in [0.717, 1.165) is 5.56 Å². The Labute approximate surface area is 334 Å². The highest BCUT2D eigenvalue weighted by atomic mass is 32.2. The molecule has 0 saturated carbocycles. The van der Waals surface area contributed by atoms with Gasteiger partial charge in [-0.1, -0.05) is 26.0 Å². The number of hydrogen-bond donors (Lipinski definition) is 6. The average molecular weight is 844 g/mol. The third-order valence-corrected chi connectivity index (χ3v) is 8.42. The minimum atomic E-state index is -4.31. The molecule has 58 heavy (non-hydrogen) atoms. The normalized spacial score (nSPS) is 12.9. The van der Waals surface area contributed by atoms with Crippen molar-refractivity contribution in [3.05, 3.63) is 29.8 Å². The molecule has 24 heteroatoms. The fourth-order valence-electron chi connectivity index (χ4n) is 4.53. The molecule has 0 bridgehead atoms. The molecule has 1 aliphatic heterocycles. The van der Waals surface area contributed by atoms with Crippen LogP contribution in [-0.2, 0) is 74.2 Å². The predicted octanol–water partition coefficient (Wildman–Crippen LogP) is -0.584. The van der Waals surface area contributed by atoms with Gasteiger partial charge < -0.3 is 45.1 Å². The molecule has 1 fully saturated rings. The first-order valence-corrected chi connectivity index (χ1v) is 19.5. The Morgan fingerprint density at radius 1 is 0.776 bits per heavy atom. The molecule has 0 aromatic heterocycles. The molecule has 0 aliphatic carbocycles. The Morgan fingerprint density at radius 3 is 2.10 bits per heavy atom. The van der Waals surface area contributed by atoms with E-state index in [4.69, 9.17) is 23.8 Å². The minimum absolute atomic E-state index is 0.0338. The summed E-state index contributed by atoms with van der Waals surface area (Å²) in [4.78, 5) is 111. The Hall–Kier alpha value is -5.88. The molecular formula is C34H49N7O16S. The molecule has 322 valence electrons. The standard InChI is InChI=1S/C34H49N7O16S/c1-22(2)31(32(48)36-20-27(44)38-25-10-8-24(9-11-25)21-56-23(3)42)39-33(49)55-19-18-53-17-15-37-58(51,52)40-34(50)54-16-5-14-35-26(43)6-4-7-30(47)57-41-28(45)12-13-29(41)46/h8-11,22,31,37H,4-7,12-21H2,1-3H3,(H,35,43)(H,36,48)(H,38,44)(H,39,49)(H,40,50). The quantitative estimate of drug-likeness (QED) is 0.0310. The maximum atomic E-state index is 12.7. The summed E-state index contributed by atoms with van der Waals surface area (Å²) < 4.78 is 47.7. The molecule has 0 radical (unpaired) electrons. The first kappa shape index (κ1) is 48.3. The smallest absolute Gasteiger partial charge is 0.421 e. The summed E-state index contributed by atoms with van der Waals surface area (Å²) in [6.45, 7) is 3.36. The lowest BCUT2D eigenvalue weighted by Crippen LogP contribution is -2.51. The highest BCUT2D eigenvalue weighted by Crippen LogP contribution is 2.13. The van der Waals surface area contributed by atoms with Gasteiger partial charge in [-0.3, -0.25) is 28.8 Å². The first-order valence-electron chi connectivity index (χ1n) is 18.0. The highest BCUT2D eigenvalue weighted by molar-refractivity contribution is 7.88. The fourth-order valence-corrected chi connectivity index (χ4v) is 5.23. The number of esters is 1. The van der Waals surface area contributed by atoms with Crippen molar-refractivity contribution in [1.82, 2.24) is 30.5 Å². The third-order valence-electron chi connectivity index (χ3n) is 7.40.